The van der Waals surface area contributed by atoms with Crippen LogP contribution >= 0.6 is 0 Å². The fourth-order valence-electron chi connectivity index (χ4n) is 3.54. The summed E-state index contributed by atoms with van der Waals surface area (Å²) in [7, 11) is 0. The second-order valence-corrected chi connectivity index (χ2v) is 7.01. The summed E-state index contributed by atoms with van der Waals surface area (Å²) < 4.78 is 0. The molecule has 0 saturated carbocycles. The first-order chi connectivity index (χ1) is 13.6. The molecule has 1 saturated heterocycles. The van der Waals surface area contributed by atoms with E-state index >= 15 is 0 Å². The highest BCUT2D eigenvalue weighted by atomic mass is 16.1. The first-order valence-corrected chi connectivity index (χ1v) is 9.39. The maximum atomic E-state index is 12.8. The van der Waals surface area contributed by atoms with Crippen LogP contribution in [0.4, 0.5) is 11.6 Å². The monoisotopic (exact) mass is 373 g/mol. The second-order valence-electron chi connectivity index (χ2n) is 7.01. The molecule has 4 rings (SSSR count). The third-order valence-electron chi connectivity index (χ3n) is 4.99. The Kier molecular flexibility index (Phi) is 5.04. The summed E-state index contributed by atoms with van der Waals surface area (Å²) in [5, 5.41) is 3.57. The number of hydrogen-bond donors (Lipinski definition) is 2. The van der Waals surface area contributed by atoms with Crippen molar-refractivity contribution in [2.45, 2.75) is 13.0 Å². The number of aryl methyl sites for hydroxylation is 1. The lowest BCUT2D eigenvalue weighted by Gasteiger charge is -2.35. The summed E-state index contributed by atoms with van der Waals surface area (Å²) in [5.74, 6) is 0.812. The zero-order valence-corrected chi connectivity index (χ0v) is 15.8. The van der Waals surface area contributed by atoms with Crippen molar-refractivity contribution in [1.82, 2.24) is 15.3 Å². The van der Waals surface area contributed by atoms with Crippen LogP contribution in [0, 0.1) is 6.92 Å². The summed E-state index contributed by atoms with van der Waals surface area (Å²) in [6, 6.07) is 17.7. The van der Waals surface area contributed by atoms with Gasteiger partial charge >= 0.3 is 0 Å². The predicted molar refractivity (Wildman–Crippen MR) is 110 cm³/mol. The van der Waals surface area contributed by atoms with E-state index in [1.165, 1.54) is 11.1 Å². The minimum absolute atomic E-state index is 0.210. The standard InChI is InChI=1S/C22H23N5O/c1-15-5-2-6-16(13-15)19-14-27(12-11-24-19)20-9-3-8-18(26-20)21(28)17-7-4-10-25-22(17)23/h2-10,13,19,24H,11-12,14H2,1H3,(H2,23,25). The Hall–Kier alpha value is -3.25. The van der Waals surface area contributed by atoms with E-state index in [4.69, 9.17) is 5.73 Å². The average molecular weight is 373 g/mol. The van der Waals surface area contributed by atoms with Crippen LogP contribution in [-0.4, -0.2) is 35.4 Å². The molecule has 142 valence electrons. The average Bonchev–Trinajstić information content (AvgIpc) is 2.74. The number of nitrogens with one attached hydrogen (secondary N) is 1. The van der Waals surface area contributed by atoms with Gasteiger partial charge in [-0.1, -0.05) is 35.9 Å². The molecule has 1 atom stereocenters. The molecule has 0 spiro atoms. The fraction of sp³-hybridized carbons (Fsp3) is 0.227. The maximum Gasteiger partial charge on any atom is 0.215 e. The van der Waals surface area contributed by atoms with Crippen LogP contribution in [0.15, 0.2) is 60.8 Å². The molecule has 0 aliphatic carbocycles. The lowest BCUT2D eigenvalue weighted by atomic mass is 10.0. The van der Waals surface area contributed by atoms with Gasteiger partial charge in [-0.25, -0.2) is 9.97 Å². The van der Waals surface area contributed by atoms with E-state index in [2.05, 4.69) is 51.4 Å². The number of piperazine rings is 1. The molecule has 0 amide bonds. The Morgan fingerprint density at radius 1 is 1.18 bits per heavy atom. The smallest absolute Gasteiger partial charge is 0.215 e. The highest BCUT2D eigenvalue weighted by molar-refractivity contribution is 6.10. The highest BCUT2D eigenvalue weighted by Crippen LogP contribution is 2.23. The van der Waals surface area contributed by atoms with Crippen molar-refractivity contribution in [2.75, 3.05) is 30.3 Å². The van der Waals surface area contributed by atoms with Crippen molar-refractivity contribution in [3.8, 4) is 0 Å². The van der Waals surface area contributed by atoms with Crippen molar-refractivity contribution in [2.24, 2.45) is 0 Å². The summed E-state index contributed by atoms with van der Waals surface area (Å²) in [5.41, 5.74) is 9.12. The molecule has 0 radical (unpaired) electrons. The molecule has 1 aliphatic rings. The number of ketones is 1. The van der Waals surface area contributed by atoms with Crippen LogP contribution in [-0.2, 0) is 0 Å². The van der Waals surface area contributed by atoms with Crippen LogP contribution < -0.4 is 16.0 Å². The molecule has 1 aromatic carbocycles. The van der Waals surface area contributed by atoms with Crippen molar-refractivity contribution in [1.29, 1.82) is 0 Å². The first-order valence-electron chi connectivity index (χ1n) is 9.39. The third-order valence-corrected chi connectivity index (χ3v) is 4.99. The van der Waals surface area contributed by atoms with E-state index in [9.17, 15) is 4.79 Å². The Bertz CT molecular complexity index is 1000. The van der Waals surface area contributed by atoms with E-state index in [1.54, 1.807) is 24.4 Å². The highest BCUT2D eigenvalue weighted by Gasteiger charge is 2.23. The number of nitrogen functional groups attached to an aromatic ring is 1. The largest absolute Gasteiger partial charge is 0.383 e. The van der Waals surface area contributed by atoms with Crippen molar-refractivity contribution in [3.05, 3.63) is 83.2 Å². The molecule has 2 aromatic heterocycles. The first kappa shape index (κ1) is 18.1. The third kappa shape index (κ3) is 3.73. The maximum absolute atomic E-state index is 12.8. The van der Waals surface area contributed by atoms with E-state index in [0.29, 0.717) is 11.3 Å². The Morgan fingerprint density at radius 2 is 2.04 bits per heavy atom. The van der Waals surface area contributed by atoms with Gasteiger partial charge in [0.2, 0.25) is 5.78 Å². The summed E-state index contributed by atoms with van der Waals surface area (Å²) >= 11 is 0. The lowest BCUT2D eigenvalue weighted by Crippen LogP contribution is -2.46. The minimum atomic E-state index is -0.210. The Morgan fingerprint density at radius 3 is 2.86 bits per heavy atom. The SMILES string of the molecule is Cc1cccc(C2CN(c3cccc(C(=O)c4cccnc4N)n3)CCN2)c1. The molecule has 0 bridgehead atoms. The molecule has 1 aliphatic heterocycles. The van der Waals surface area contributed by atoms with Gasteiger partial charge < -0.3 is 16.0 Å². The number of nitrogens with two attached hydrogens (primary N) is 1. The summed E-state index contributed by atoms with van der Waals surface area (Å²) in [6.07, 6.45) is 1.57. The molecule has 1 unspecified atom stereocenters. The van der Waals surface area contributed by atoms with E-state index < -0.39 is 0 Å². The van der Waals surface area contributed by atoms with Crippen LogP contribution in [0.1, 0.15) is 33.2 Å². The summed E-state index contributed by atoms with van der Waals surface area (Å²) in [6.45, 7) is 4.59. The molecule has 3 heterocycles. The summed E-state index contributed by atoms with van der Waals surface area (Å²) in [4.78, 5) is 23.7. The normalized spacial score (nSPS) is 16.8. The van der Waals surface area contributed by atoms with Crippen LogP contribution in [0.5, 0.6) is 0 Å². The van der Waals surface area contributed by atoms with Gasteiger partial charge in [-0.2, -0.15) is 0 Å². The van der Waals surface area contributed by atoms with Gasteiger partial charge in [0, 0.05) is 31.9 Å². The van der Waals surface area contributed by atoms with Gasteiger partial charge in [0.15, 0.2) is 0 Å². The molecule has 6 nitrogen and oxygen atoms in total. The zero-order valence-electron chi connectivity index (χ0n) is 15.8. The quantitative estimate of drug-likeness (QED) is 0.684. The number of nitrogens with zero attached hydrogens (tertiary/aromatic N) is 3. The van der Waals surface area contributed by atoms with Crippen molar-refractivity contribution >= 4 is 17.4 Å². The number of carbonyl (C=O) groups excluding carboxylic acids is 1. The lowest BCUT2D eigenvalue weighted by molar-refractivity contribution is 0.103. The van der Waals surface area contributed by atoms with E-state index in [-0.39, 0.29) is 17.6 Å². The molecule has 3 N–H and O–H groups in total. The number of carbonyl (C=O) groups is 1. The molecule has 28 heavy (non-hydrogen) atoms. The molecule has 6 heteroatoms. The fourth-order valence-corrected chi connectivity index (χ4v) is 3.54. The van der Waals surface area contributed by atoms with Gasteiger partial charge in [-0.3, -0.25) is 4.79 Å². The zero-order chi connectivity index (χ0) is 19.5. The molecular weight excluding hydrogens is 350 g/mol. The Labute approximate surface area is 164 Å². The van der Waals surface area contributed by atoms with Crippen LogP contribution in [0.3, 0.4) is 0 Å². The van der Waals surface area contributed by atoms with Crippen LogP contribution in [0.25, 0.3) is 0 Å². The topological polar surface area (TPSA) is 84.1 Å². The minimum Gasteiger partial charge on any atom is -0.383 e. The molecule has 3 aromatic rings. The number of pyridine rings is 2. The number of benzene rings is 1. The van der Waals surface area contributed by atoms with Gasteiger partial charge in [-0.15, -0.1) is 0 Å². The number of rotatable bonds is 4. The number of aromatic nitrogens is 2. The number of anilines is 2. The van der Waals surface area contributed by atoms with Gasteiger partial charge in [-0.05, 0) is 36.8 Å². The van der Waals surface area contributed by atoms with Gasteiger partial charge in [0.05, 0.1) is 5.56 Å². The van der Waals surface area contributed by atoms with Gasteiger partial charge in [0.25, 0.3) is 0 Å². The number of hydrogen-bond acceptors (Lipinski definition) is 6. The van der Waals surface area contributed by atoms with Gasteiger partial charge in [0.1, 0.15) is 17.3 Å². The van der Waals surface area contributed by atoms with E-state index in [0.717, 1.165) is 25.5 Å². The van der Waals surface area contributed by atoms with Crippen molar-refractivity contribution in [3.63, 3.8) is 0 Å². The van der Waals surface area contributed by atoms with Crippen LogP contribution in [0.2, 0.25) is 0 Å². The van der Waals surface area contributed by atoms with E-state index in [1.807, 2.05) is 12.1 Å². The molecular formula is C22H23N5O. The second kappa shape index (κ2) is 7.78. The Balaban J connectivity index is 1.57. The molecule has 1 fully saturated rings. The predicted octanol–water partition coefficient (Wildman–Crippen LogP) is 2.75. The van der Waals surface area contributed by atoms with Crippen molar-refractivity contribution < 1.29 is 4.79 Å².